The topological polar surface area (TPSA) is 109 Å². The van der Waals surface area contributed by atoms with E-state index in [-0.39, 0.29) is 13.2 Å². The summed E-state index contributed by atoms with van der Waals surface area (Å²) >= 11 is 2.85. The van der Waals surface area contributed by atoms with Crippen molar-refractivity contribution in [3.05, 3.63) is 107 Å². The molecule has 210 valence electrons. The monoisotopic (exact) mass is 594 g/mol. The zero-order chi connectivity index (χ0) is 29.6. The van der Waals surface area contributed by atoms with Gasteiger partial charge in [-0.2, -0.15) is 10.5 Å². The van der Waals surface area contributed by atoms with Gasteiger partial charge >= 0.3 is 11.9 Å². The summed E-state index contributed by atoms with van der Waals surface area (Å²) in [4.78, 5) is 26.9. The fourth-order valence-electron chi connectivity index (χ4n) is 4.69. The molecule has 42 heavy (non-hydrogen) atoms. The molecule has 0 unspecified atom stereocenters. The van der Waals surface area contributed by atoms with Crippen LogP contribution >= 0.6 is 23.5 Å². The summed E-state index contributed by atoms with van der Waals surface area (Å²) in [7, 11) is 0. The maximum Gasteiger partial charge on any atom is 0.356 e. The molecule has 0 saturated carbocycles. The number of carbonyl (C=O) groups excluding carboxylic acids is 2. The molecular formula is C32H26N4O4S2. The number of rotatable bonds is 10. The molecule has 10 heteroatoms. The lowest BCUT2D eigenvalue weighted by molar-refractivity contribution is 0.0504. The SMILES string of the molecule is CCOC(=O)c1c(SCc2ccc(CSc3c(C#N)c4ccccn4c3C(=O)OCC)cc2)c(C#N)c2ccccn12. The molecule has 0 atom stereocenters. The van der Waals surface area contributed by atoms with Crippen LogP contribution < -0.4 is 0 Å². The minimum atomic E-state index is -0.465. The maximum absolute atomic E-state index is 12.8. The number of nitriles is 2. The molecule has 0 fully saturated rings. The predicted molar refractivity (Wildman–Crippen MR) is 162 cm³/mol. The Morgan fingerprint density at radius 1 is 0.690 bits per heavy atom. The van der Waals surface area contributed by atoms with Crippen molar-refractivity contribution in [3.63, 3.8) is 0 Å². The lowest BCUT2D eigenvalue weighted by Gasteiger charge is -2.08. The second-order valence-electron chi connectivity index (χ2n) is 9.08. The van der Waals surface area contributed by atoms with Gasteiger partial charge in [-0.05, 0) is 49.2 Å². The molecule has 0 spiro atoms. The highest BCUT2D eigenvalue weighted by Gasteiger charge is 2.26. The molecule has 0 radical (unpaired) electrons. The smallest absolute Gasteiger partial charge is 0.356 e. The standard InChI is InChI=1S/C32H26N4O4S2/c1-3-39-31(37)27-29(23(17-33)25-9-5-7-15-35(25)27)41-19-21-11-13-22(14-12-21)20-42-30-24(18-34)26-10-6-8-16-36(26)28(30)32(38)40-4-2/h5-16H,3-4,19-20H2,1-2H3. The van der Waals surface area contributed by atoms with Gasteiger partial charge in [-0.3, -0.25) is 0 Å². The van der Waals surface area contributed by atoms with Crippen LogP contribution in [0.4, 0.5) is 0 Å². The highest BCUT2D eigenvalue weighted by Crippen LogP contribution is 2.36. The third-order valence-corrected chi connectivity index (χ3v) is 8.88. The van der Waals surface area contributed by atoms with Gasteiger partial charge in [0.2, 0.25) is 0 Å². The Hall–Kier alpha value is -4.64. The van der Waals surface area contributed by atoms with Gasteiger partial charge in [0.05, 0.1) is 45.2 Å². The second-order valence-corrected chi connectivity index (χ2v) is 11.0. The van der Waals surface area contributed by atoms with Gasteiger partial charge in [0.25, 0.3) is 0 Å². The van der Waals surface area contributed by atoms with Crippen LogP contribution in [0, 0.1) is 22.7 Å². The second kappa shape index (κ2) is 12.9. The van der Waals surface area contributed by atoms with E-state index in [0.717, 1.165) is 11.1 Å². The van der Waals surface area contributed by atoms with Crippen molar-refractivity contribution < 1.29 is 19.1 Å². The molecule has 4 heterocycles. The summed E-state index contributed by atoms with van der Waals surface area (Å²) in [6.07, 6.45) is 3.52. The number of pyridine rings is 2. The van der Waals surface area contributed by atoms with Gasteiger partial charge in [-0.25, -0.2) is 9.59 Å². The quantitative estimate of drug-likeness (QED) is 0.127. The number of esters is 2. The Labute approximate surface area is 251 Å². The number of hydrogen-bond acceptors (Lipinski definition) is 8. The van der Waals surface area contributed by atoms with E-state index in [1.165, 1.54) is 23.5 Å². The van der Waals surface area contributed by atoms with E-state index in [9.17, 15) is 20.1 Å². The molecular weight excluding hydrogens is 569 g/mol. The largest absolute Gasteiger partial charge is 0.461 e. The number of aromatic nitrogens is 2. The van der Waals surface area contributed by atoms with E-state index in [1.54, 1.807) is 35.0 Å². The van der Waals surface area contributed by atoms with Crippen LogP contribution in [0.1, 0.15) is 57.1 Å². The van der Waals surface area contributed by atoms with Gasteiger partial charge < -0.3 is 18.3 Å². The minimum Gasteiger partial charge on any atom is -0.461 e. The number of fused-ring (bicyclic) bond motifs is 2. The Morgan fingerprint density at radius 2 is 1.10 bits per heavy atom. The third kappa shape index (κ3) is 5.47. The minimum absolute atomic E-state index is 0.237. The average molecular weight is 595 g/mol. The van der Waals surface area contributed by atoms with Crippen LogP contribution in [0.15, 0.2) is 82.8 Å². The molecule has 0 aliphatic carbocycles. The Bertz CT molecular complexity index is 1740. The first kappa shape index (κ1) is 28.9. The molecule has 0 amide bonds. The highest BCUT2D eigenvalue weighted by atomic mass is 32.2. The van der Waals surface area contributed by atoms with Crippen LogP contribution in [0.3, 0.4) is 0 Å². The van der Waals surface area contributed by atoms with E-state index in [2.05, 4.69) is 12.1 Å². The van der Waals surface area contributed by atoms with Crippen molar-refractivity contribution in [2.24, 2.45) is 0 Å². The van der Waals surface area contributed by atoms with Gasteiger partial charge in [-0.1, -0.05) is 36.4 Å². The number of benzene rings is 1. The van der Waals surface area contributed by atoms with Crippen LogP contribution in [0.2, 0.25) is 0 Å². The van der Waals surface area contributed by atoms with Crippen molar-refractivity contribution >= 4 is 46.5 Å². The van der Waals surface area contributed by atoms with Crippen molar-refractivity contribution in [1.82, 2.24) is 8.80 Å². The van der Waals surface area contributed by atoms with Crippen molar-refractivity contribution in [1.29, 1.82) is 10.5 Å². The molecule has 8 nitrogen and oxygen atoms in total. The van der Waals surface area contributed by atoms with Gasteiger partial charge in [0.1, 0.15) is 23.5 Å². The lowest BCUT2D eigenvalue weighted by Crippen LogP contribution is -2.09. The van der Waals surface area contributed by atoms with Crippen LogP contribution in [-0.2, 0) is 21.0 Å². The van der Waals surface area contributed by atoms with Crippen LogP contribution in [0.25, 0.3) is 11.0 Å². The molecule has 0 saturated heterocycles. The average Bonchev–Trinajstić information content (AvgIpc) is 3.51. The summed E-state index contributed by atoms with van der Waals surface area (Å²) in [6.45, 7) is 3.98. The molecule has 0 aliphatic heterocycles. The Balaban J connectivity index is 1.36. The normalized spacial score (nSPS) is 10.9. The maximum atomic E-state index is 12.8. The Morgan fingerprint density at radius 3 is 1.45 bits per heavy atom. The first-order valence-corrected chi connectivity index (χ1v) is 15.2. The predicted octanol–water partition coefficient (Wildman–Crippen LogP) is 6.87. The molecule has 5 aromatic rings. The van der Waals surface area contributed by atoms with E-state index in [1.807, 2.05) is 60.7 Å². The fourth-order valence-corrected chi connectivity index (χ4v) is 6.93. The summed E-state index contributed by atoms with van der Waals surface area (Å²) in [5, 5.41) is 19.8. The Kier molecular flexibility index (Phi) is 8.87. The first-order chi connectivity index (χ1) is 20.5. The summed E-state index contributed by atoms with van der Waals surface area (Å²) in [5.41, 5.74) is 4.96. The van der Waals surface area contributed by atoms with Crippen molar-refractivity contribution in [2.45, 2.75) is 35.1 Å². The number of carbonyl (C=O) groups is 2. The van der Waals surface area contributed by atoms with E-state index in [0.29, 0.717) is 54.8 Å². The number of ether oxygens (including phenoxy) is 2. The van der Waals surface area contributed by atoms with Gasteiger partial charge in [-0.15, -0.1) is 23.5 Å². The molecule has 0 bridgehead atoms. The van der Waals surface area contributed by atoms with E-state index < -0.39 is 11.9 Å². The molecule has 0 aliphatic rings. The zero-order valence-electron chi connectivity index (χ0n) is 23.0. The fraction of sp³-hybridized carbons (Fsp3) is 0.188. The summed E-state index contributed by atoms with van der Waals surface area (Å²) < 4.78 is 14.0. The molecule has 4 aromatic heterocycles. The molecule has 1 aromatic carbocycles. The zero-order valence-corrected chi connectivity index (χ0v) is 24.6. The number of nitrogens with zero attached hydrogens (tertiary/aromatic N) is 4. The van der Waals surface area contributed by atoms with Crippen molar-refractivity contribution in [3.8, 4) is 12.1 Å². The van der Waals surface area contributed by atoms with E-state index in [4.69, 9.17) is 9.47 Å². The molecule has 5 rings (SSSR count). The number of thioether (sulfide) groups is 2. The van der Waals surface area contributed by atoms with Gasteiger partial charge in [0.15, 0.2) is 0 Å². The highest BCUT2D eigenvalue weighted by molar-refractivity contribution is 7.99. The third-order valence-electron chi connectivity index (χ3n) is 6.55. The summed E-state index contributed by atoms with van der Waals surface area (Å²) in [6, 6.07) is 23.5. The van der Waals surface area contributed by atoms with Crippen LogP contribution in [-0.4, -0.2) is 34.0 Å². The molecule has 0 N–H and O–H groups in total. The van der Waals surface area contributed by atoms with E-state index >= 15 is 0 Å². The van der Waals surface area contributed by atoms with Crippen LogP contribution in [0.5, 0.6) is 0 Å². The number of hydrogen-bond donors (Lipinski definition) is 0. The van der Waals surface area contributed by atoms with Crippen molar-refractivity contribution in [2.75, 3.05) is 13.2 Å². The lowest BCUT2D eigenvalue weighted by atomic mass is 10.2. The van der Waals surface area contributed by atoms with Gasteiger partial charge in [0, 0.05) is 23.9 Å². The first-order valence-electron chi connectivity index (χ1n) is 13.3. The summed E-state index contributed by atoms with van der Waals surface area (Å²) in [5.74, 6) is 0.156.